The van der Waals surface area contributed by atoms with Crippen molar-refractivity contribution in [2.75, 3.05) is 6.61 Å². The van der Waals surface area contributed by atoms with Crippen LogP contribution < -0.4 is 10.4 Å². The summed E-state index contributed by atoms with van der Waals surface area (Å²) in [6.45, 7) is 3.17. The molecule has 4 N–H and O–H groups in total. The lowest BCUT2D eigenvalue weighted by Gasteiger charge is -2.43. The van der Waals surface area contributed by atoms with Gasteiger partial charge in [-0.1, -0.05) is 0 Å². The maximum Gasteiger partial charge on any atom is 0.336 e. The van der Waals surface area contributed by atoms with Gasteiger partial charge >= 0.3 is 5.63 Å². The number of aliphatic hydroxyl groups is 4. The molecule has 2 aromatic rings. The lowest BCUT2D eigenvalue weighted by Crippen LogP contribution is -2.59. The molecule has 9 heteroatoms. The predicted molar refractivity (Wildman–Crippen MR) is 99.4 cm³/mol. The second-order valence-electron chi connectivity index (χ2n) is 8.04. The van der Waals surface area contributed by atoms with Gasteiger partial charge < -0.3 is 39.1 Å². The number of ether oxygens (including phenoxy) is 3. The minimum absolute atomic E-state index is 0.306. The monoisotopic (exact) mass is 408 g/mol. The fourth-order valence-corrected chi connectivity index (χ4v) is 3.88. The van der Waals surface area contributed by atoms with Crippen molar-refractivity contribution < 1.29 is 39.1 Å². The minimum Gasteiger partial charge on any atom is -0.487 e. The third kappa shape index (κ3) is 3.65. The topological polar surface area (TPSA) is 139 Å². The van der Waals surface area contributed by atoms with Crippen molar-refractivity contribution in [2.24, 2.45) is 0 Å². The number of fused-ring (bicyclic) bond motifs is 3. The minimum atomic E-state index is -1.55. The van der Waals surface area contributed by atoms with Crippen molar-refractivity contribution in [1.29, 1.82) is 0 Å². The molecule has 0 bridgehead atoms. The summed E-state index contributed by atoms with van der Waals surface area (Å²) >= 11 is 0. The Hall–Kier alpha value is -2.01. The molecule has 0 amide bonds. The Morgan fingerprint density at radius 2 is 1.83 bits per heavy atom. The van der Waals surface area contributed by atoms with E-state index in [0.717, 1.165) is 0 Å². The Kier molecular flexibility index (Phi) is 5.14. The molecular formula is C20H24O9. The molecule has 1 saturated heterocycles. The van der Waals surface area contributed by atoms with E-state index in [1.165, 1.54) is 6.07 Å². The van der Waals surface area contributed by atoms with Gasteiger partial charge in [-0.05, 0) is 32.0 Å². The average molecular weight is 408 g/mol. The number of hydrogen-bond acceptors (Lipinski definition) is 9. The molecule has 4 rings (SSSR count). The summed E-state index contributed by atoms with van der Waals surface area (Å²) in [6, 6.07) is 6.47. The Morgan fingerprint density at radius 3 is 2.55 bits per heavy atom. The lowest BCUT2D eigenvalue weighted by atomic mass is 9.90. The molecule has 9 nitrogen and oxygen atoms in total. The normalized spacial score (nSPS) is 33.9. The molecular weight excluding hydrogens is 384 g/mol. The molecule has 6 atom stereocenters. The largest absolute Gasteiger partial charge is 0.487 e. The maximum absolute atomic E-state index is 11.8. The zero-order chi connectivity index (χ0) is 20.9. The molecule has 1 fully saturated rings. The van der Waals surface area contributed by atoms with E-state index in [2.05, 4.69) is 0 Å². The summed E-state index contributed by atoms with van der Waals surface area (Å²) in [4.78, 5) is 11.8. The molecule has 1 aromatic heterocycles. The van der Waals surface area contributed by atoms with Crippen LogP contribution in [0.5, 0.6) is 5.75 Å². The average Bonchev–Trinajstić information content (AvgIpc) is 2.67. The maximum atomic E-state index is 11.8. The van der Waals surface area contributed by atoms with Crippen LogP contribution in [-0.4, -0.2) is 63.3 Å². The van der Waals surface area contributed by atoms with Crippen LogP contribution in [0.2, 0.25) is 0 Å². The van der Waals surface area contributed by atoms with Gasteiger partial charge in [0.2, 0.25) is 0 Å². The fraction of sp³-hybridized carbons (Fsp3) is 0.550. The van der Waals surface area contributed by atoms with E-state index in [0.29, 0.717) is 28.7 Å². The summed E-state index contributed by atoms with van der Waals surface area (Å²) in [6.07, 6.45) is -7.34. The highest BCUT2D eigenvalue weighted by Crippen LogP contribution is 2.45. The molecule has 29 heavy (non-hydrogen) atoms. The van der Waals surface area contributed by atoms with Crippen LogP contribution in [-0.2, 0) is 9.47 Å². The molecule has 1 aromatic carbocycles. The van der Waals surface area contributed by atoms with Gasteiger partial charge in [-0.2, -0.15) is 0 Å². The van der Waals surface area contributed by atoms with Crippen molar-refractivity contribution in [3.63, 3.8) is 0 Å². The van der Waals surface area contributed by atoms with E-state index in [1.54, 1.807) is 18.2 Å². The third-order valence-corrected chi connectivity index (χ3v) is 5.32. The van der Waals surface area contributed by atoms with Crippen LogP contribution in [0.25, 0.3) is 11.0 Å². The Bertz CT molecular complexity index is 951. The smallest absolute Gasteiger partial charge is 0.336 e. The van der Waals surface area contributed by atoms with Crippen molar-refractivity contribution in [3.05, 3.63) is 40.2 Å². The predicted octanol–water partition coefficient (Wildman–Crippen LogP) is 0.212. The molecule has 2 aliphatic rings. The van der Waals surface area contributed by atoms with Crippen molar-refractivity contribution in [3.8, 4) is 5.75 Å². The molecule has 3 heterocycles. The highest BCUT2D eigenvalue weighted by atomic mass is 16.7. The van der Waals surface area contributed by atoms with E-state index in [9.17, 15) is 25.2 Å². The molecule has 0 spiro atoms. The van der Waals surface area contributed by atoms with E-state index < -0.39 is 54.6 Å². The standard InChI is InChI=1S/C20H24O9/c1-20(2)7-11(26-19-17(25)16(24)15(23)12(8-21)27-19)14-10(29-20)5-3-9-4-6-13(22)28-18(9)14/h3-6,11-12,15-17,19,21,23-25H,7-8H2,1-2H3. The zero-order valence-electron chi connectivity index (χ0n) is 16.0. The van der Waals surface area contributed by atoms with Gasteiger partial charge in [0.25, 0.3) is 0 Å². The highest BCUT2D eigenvalue weighted by Gasteiger charge is 2.46. The van der Waals surface area contributed by atoms with Gasteiger partial charge in [-0.3, -0.25) is 0 Å². The number of hydrogen-bond donors (Lipinski definition) is 4. The summed E-state index contributed by atoms with van der Waals surface area (Å²) in [5, 5.41) is 40.4. The number of rotatable bonds is 3. The molecule has 2 aliphatic heterocycles. The van der Waals surface area contributed by atoms with Gasteiger partial charge in [0.15, 0.2) is 6.29 Å². The van der Waals surface area contributed by atoms with E-state index in [-0.39, 0.29) is 0 Å². The van der Waals surface area contributed by atoms with Gasteiger partial charge in [0.05, 0.1) is 18.3 Å². The van der Waals surface area contributed by atoms with Crippen molar-refractivity contribution >= 4 is 11.0 Å². The lowest BCUT2D eigenvalue weighted by molar-refractivity contribution is -0.315. The van der Waals surface area contributed by atoms with Crippen molar-refractivity contribution in [2.45, 2.75) is 62.7 Å². The molecule has 0 radical (unpaired) electrons. The number of benzene rings is 1. The van der Waals surface area contributed by atoms with Crippen LogP contribution >= 0.6 is 0 Å². The quantitative estimate of drug-likeness (QED) is 0.525. The van der Waals surface area contributed by atoms with Crippen LogP contribution in [0.3, 0.4) is 0 Å². The molecule has 6 unspecified atom stereocenters. The van der Waals surface area contributed by atoms with Crippen molar-refractivity contribution in [1.82, 2.24) is 0 Å². The Balaban J connectivity index is 1.74. The first-order valence-corrected chi connectivity index (χ1v) is 9.42. The second-order valence-corrected chi connectivity index (χ2v) is 8.04. The van der Waals surface area contributed by atoms with Crippen LogP contribution in [0, 0.1) is 0 Å². The van der Waals surface area contributed by atoms with Gasteiger partial charge in [0, 0.05) is 17.9 Å². The second kappa shape index (κ2) is 7.35. The molecule has 158 valence electrons. The summed E-state index contributed by atoms with van der Waals surface area (Å²) in [5.74, 6) is 0.470. The van der Waals surface area contributed by atoms with Gasteiger partial charge in [-0.25, -0.2) is 4.79 Å². The van der Waals surface area contributed by atoms with Crippen LogP contribution in [0.1, 0.15) is 31.9 Å². The first-order chi connectivity index (χ1) is 13.7. The molecule has 0 saturated carbocycles. The fourth-order valence-electron chi connectivity index (χ4n) is 3.88. The highest BCUT2D eigenvalue weighted by molar-refractivity contribution is 5.82. The van der Waals surface area contributed by atoms with Crippen LogP contribution in [0.4, 0.5) is 0 Å². The SMILES string of the molecule is CC1(C)CC(OC2OC(CO)C(O)C(O)C2O)c2c(ccc3ccc(=O)oc23)O1. The van der Waals surface area contributed by atoms with E-state index in [4.69, 9.17) is 18.6 Å². The van der Waals surface area contributed by atoms with Gasteiger partial charge in [-0.15, -0.1) is 0 Å². The third-order valence-electron chi connectivity index (χ3n) is 5.32. The first-order valence-electron chi connectivity index (χ1n) is 9.42. The Morgan fingerprint density at radius 1 is 1.10 bits per heavy atom. The zero-order valence-corrected chi connectivity index (χ0v) is 16.0. The van der Waals surface area contributed by atoms with Gasteiger partial charge in [0.1, 0.15) is 41.3 Å². The Labute approximate surface area is 166 Å². The summed E-state index contributed by atoms with van der Waals surface area (Å²) in [7, 11) is 0. The van der Waals surface area contributed by atoms with Crippen LogP contribution in [0.15, 0.2) is 33.5 Å². The van der Waals surface area contributed by atoms with E-state index in [1.807, 2.05) is 13.8 Å². The molecule has 0 aliphatic carbocycles. The number of aliphatic hydroxyl groups excluding tert-OH is 4. The van der Waals surface area contributed by atoms with E-state index >= 15 is 0 Å². The summed E-state index contributed by atoms with van der Waals surface area (Å²) in [5.41, 5.74) is -0.354. The first kappa shape index (κ1) is 20.3. The summed E-state index contributed by atoms with van der Waals surface area (Å²) < 4.78 is 22.9.